The summed E-state index contributed by atoms with van der Waals surface area (Å²) in [5.41, 5.74) is 3.18. The standard InChI is InChI=1S/C13H20N4/c1-6-17-7-10(8(2)3)11-13(17)16-15-12(14-11)9(4)5/h7-9H,6H2,1-5H3. The van der Waals surface area contributed by atoms with Gasteiger partial charge in [-0.2, -0.15) is 0 Å². The lowest BCUT2D eigenvalue weighted by Gasteiger charge is -2.04. The van der Waals surface area contributed by atoms with Gasteiger partial charge in [0.15, 0.2) is 11.5 Å². The molecule has 0 unspecified atom stereocenters. The smallest absolute Gasteiger partial charge is 0.181 e. The molecule has 0 aliphatic heterocycles. The van der Waals surface area contributed by atoms with E-state index in [4.69, 9.17) is 0 Å². The maximum absolute atomic E-state index is 4.67. The van der Waals surface area contributed by atoms with Gasteiger partial charge in [-0.3, -0.25) is 0 Å². The number of fused-ring (bicyclic) bond motifs is 1. The maximum atomic E-state index is 4.67. The van der Waals surface area contributed by atoms with Crippen LogP contribution in [-0.4, -0.2) is 19.7 Å². The van der Waals surface area contributed by atoms with Crippen molar-refractivity contribution in [2.45, 2.75) is 53.0 Å². The van der Waals surface area contributed by atoms with Gasteiger partial charge in [-0.15, -0.1) is 10.2 Å². The summed E-state index contributed by atoms with van der Waals surface area (Å²) in [5.74, 6) is 1.60. The quantitative estimate of drug-likeness (QED) is 0.816. The van der Waals surface area contributed by atoms with Crippen LogP contribution < -0.4 is 0 Å². The van der Waals surface area contributed by atoms with E-state index < -0.39 is 0 Å². The molecule has 17 heavy (non-hydrogen) atoms. The van der Waals surface area contributed by atoms with E-state index in [1.54, 1.807) is 0 Å². The molecule has 0 saturated heterocycles. The molecule has 92 valence electrons. The number of aryl methyl sites for hydroxylation is 1. The van der Waals surface area contributed by atoms with Crippen LogP contribution in [0.4, 0.5) is 0 Å². The highest BCUT2D eigenvalue weighted by molar-refractivity contribution is 5.76. The fourth-order valence-electron chi connectivity index (χ4n) is 1.92. The highest BCUT2D eigenvalue weighted by atomic mass is 15.2. The average Bonchev–Trinajstić information content (AvgIpc) is 2.66. The minimum atomic E-state index is 0.317. The molecule has 2 heterocycles. The normalized spacial score (nSPS) is 11.9. The largest absolute Gasteiger partial charge is 0.330 e. The molecule has 0 N–H and O–H groups in total. The van der Waals surface area contributed by atoms with Crippen molar-refractivity contribution in [3.8, 4) is 0 Å². The lowest BCUT2D eigenvalue weighted by molar-refractivity contribution is 0.730. The van der Waals surface area contributed by atoms with Crippen molar-refractivity contribution >= 4 is 11.2 Å². The zero-order valence-electron chi connectivity index (χ0n) is 11.2. The lowest BCUT2D eigenvalue weighted by atomic mass is 10.1. The maximum Gasteiger partial charge on any atom is 0.181 e. The van der Waals surface area contributed by atoms with Gasteiger partial charge >= 0.3 is 0 Å². The summed E-state index contributed by atoms with van der Waals surface area (Å²) >= 11 is 0. The van der Waals surface area contributed by atoms with Crippen LogP contribution in [0.3, 0.4) is 0 Å². The number of hydrogen-bond acceptors (Lipinski definition) is 3. The van der Waals surface area contributed by atoms with Gasteiger partial charge in [-0.25, -0.2) is 4.98 Å². The molecule has 0 atom stereocenters. The van der Waals surface area contributed by atoms with E-state index in [9.17, 15) is 0 Å². The van der Waals surface area contributed by atoms with Crippen LogP contribution >= 0.6 is 0 Å². The lowest BCUT2D eigenvalue weighted by Crippen LogP contribution is -2.02. The third-order valence-electron chi connectivity index (χ3n) is 3.00. The topological polar surface area (TPSA) is 43.6 Å². The first-order valence-electron chi connectivity index (χ1n) is 6.27. The molecule has 2 aromatic heterocycles. The average molecular weight is 232 g/mol. The van der Waals surface area contributed by atoms with Gasteiger partial charge in [0.1, 0.15) is 5.52 Å². The van der Waals surface area contributed by atoms with E-state index in [2.05, 4.69) is 60.6 Å². The molecule has 0 aliphatic carbocycles. The molecular weight excluding hydrogens is 212 g/mol. The minimum Gasteiger partial charge on any atom is -0.330 e. The van der Waals surface area contributed by atoms with Gasteiger partial charge < -0.3 is 4.57 Å². The second-order valence-electron chi connectivity index (χ2n) is 5.02. The monoisotopic (exact) mass is 232 g/mol. The van der Waals surface area contributed by atoms with Crippen molar-refractivity contribution in [3.05, 3.63) is 17.6 Å². The van der Waals surface area contributed by atoms with E-state index >= 15 is 0 Å². The highest BCUT2D eigenvalue weighted by Gasteiger charge is 2.15. The van der Waals surface area contributed by atoms with Crippen LogP contribution in [0.15, 0.2) is 6.20 Å². The van der Waals surface area contributed by atoms with Crippen molar-refractivity contribution in [1.82, 2.24) is 19.7 Å². The second-order valence-corrected chi connectivity index (χ2v) is 5.02. The Hall–Kier alpha value is -1.45. The van der Waals surface area contributed by atoms with Crippen LogP contribution in [0, 0.1) is 0 Å². The Morgan fingerprint density at radius 1 is 1.12 bits per heavy atom. The van der Waals surface area contributed by atoms with Crippen molar-refractivity contribution in [2.24, 2.45) is 0 Å². The van der Waals surface area contributed by atoms with Gasteiger partial charge in [0.25, 0.3) is 0 Å². The molecule has 4 nitrogen and oxygen atoms in total. The van der Waals surface area contributed by atoms with E-state index in [1.807, 2.05) is 0 Å². The first-order chi connectivity index (χ1) is 8.04. The molecule has 4 heteroatoms. The zero-order valence-corrected chi connectivity index (χ0v) is 11.2. The summed E-state index contributed by atoms with van der Waals surface area (Å²) < 4.78 is 2.12. The molecule has 0 amide bonds. The fraction of sp³-hybridized carbons (Fsp3) is 0.615. The molecule has 0 aliphatic rings. The van der Waals surface area contributed by atoms with Crippen molar-refractivity contribution in [1.29, 1.82) is 0 Å². The van der Waals surface area contributed by atoms with E-state index in [0.717, 1.165) is 23.5 Å². The second kappa shape index (κ2) is 4.43. The fourth-order valence-corrected chi connectivity index (χ4v) is 1.92. The van der Waals surface area contributed by atoms with Crippen molar-refractivity contribution in [2.75, 3.05) is 0 Å². The van der Waals surface area contributed by atoms with E-state index in [1.165, 1.54) is 5.56 Å². The summed E-state index contributed by atoms with van der Waals surface area (Å²) in [7, 11) is 0. The van der Waals surface area contributed by atoms with Crippen LogP contribution in [0.5, 0.6) is 0 Å². The third-order valence-corrected chi connectivity index (χ3v) is 3.00. The summed E-state index contributed by atoms with van der Waals surface area (Å²) in [6, 6.07) is 0. The molecule has 0 fully saturated rings. The molecule has 0 bridgehead atoms. The number of aromatic nitrogens is 4. The minimum absolute atomic E-state index is 0.317. The number of hydrogen-bond donors (Lipinski definition) is 0. The predicted octanol–water partition coefficient (Wildman–Crippen LogP) is 3.09. The van der Waals surface area contributed by atoms with Crippen molar-refractivity contribution < 1.29 is 0 Å². The Kier molecular flexibility index (Phi) is 3.13. The first-order valence-corrected chi connectivity index (χ1v) is 6.27. The Labute approximate surface area is 102 Å². The molecular formula is C13H20N4. The number of nitrogens with zero attached hydrogens (tertiary/aromatic N) is 4. The summed E-state index contributed by atoms with van der Waals surface area (Å²) in [6.45, 7) is 11.6. The molecule has 2 aromatic rings. The third kappa shape index (κ3) is 2.04. The summed E-state index contributed by atoms with van der Waals surface area (Å²) in [4.78, 5) is 4.67. The predicted molar refractivity (Wildman–Crippen MR) is 69.2 cm³/mol. The Balaban J connectivity index is 2.69. The Morgan fingerprint density at radius 2 is 1.82 bits per heavy atom. The van der Waals surface area contributed by atoms with Gasteiger partial charge in [0.2, 0.25) is 0 Å². The van der Waals surface area contributed by atoms with Gasteiger partial charge in [-0.05, 0) is 12.8 Å². The molecule has 0 aromatic carbocycles. The molecule has 2 rings (SSSR count). The van der Waals surface area contributed by atoms with Crippen LogP contribution in [0.25, 0.3) is 11.2 Å². The first kappa shape index (κ1) is 12.0. The molecule has 0 spiro atoms. The molecule has 0 saturated carbocycles. The summed E-state index contributed by atoms with van der Waals surface area (Å²) in [6.07, 6.45) is 2.15. The van der Waals surface area contributed by atoms with Crippen LogP contribution in [0.1, 0.15) is 57.8 Å². The Bertz CT molecular complexity index is 525. The van der Waals surface area contributed by atoms with Gasteiger partial charge in [-0.1, -0.05) is 27.7 Å². The van der Waals surface area contributed by atoms with E-state index in [-0.39, 0.29) is 0 Å². The van der Waals surface area contributed by atoms with Gasteiger partial charge in [0, 0.05) is 24.2 Å². The zero-order chi connectivity index (χ0) is 12.6. The van der Waals surface area contributed by atoms with Crippen LogP contribution in [-0.2, 0) is 6.54 Å². The van der Waals surface area contributed by atoms with E-state index in [0.29, 0.717) is 11.8 Å². The highest BCUT2D eigenvalue weighted by Crippen LogP contribution is 2.25. The SMILES string of the molecule is CCn1cc(C(C)C)c2nc(C(C)C)nnc21. The Morgan fingerprint density at radius 3 is 2.35 bits per heavy atom. The molecule has 0 radical (unpaired) electrons. The van der Waals surface area contributed by atoms with Crippen molar-refractivity contribution in [3.63, 3.8) is 0 Å². The van der Waals surface area contributed by atoms with Gasteiger partial charge in [0.05, 0.1) is 0 Å². The number of rotatable bonds is 3. The van der Waals surface area contributed by atoms with Crippen LogP contribution in [0.2, 0.25) is 0 Å². The summed E-state index contributed by atoms with van der Waals surface area (Å²) in [5, 5.41) is 8.53.